The van der Waals surface area contributed by atoms with Crippen LogP contribution in [0.5, 0.6) is 5.75 Å². The Morgan fingerprint density at radius 1 is 1.26 bits per heavy atom. The number of ether oxygens (including phenoxy) is 1. The van der Waals surface area contributed by atoms with Crippen molar-refractivity contribution < 1.29 is 13.9 Å². The zero-order valence-corrected chi connectivity index (χ0v) is 15.0. The first-order valence-corrected chi connectivity index (χ1v) is 8.32. The molecule has 126 valence electrons. The molecular formula is C19H27NO3. The lowest BCUT2D eigenvalue weighted by Crippen LogP contribution is -2.39. The molecule has 1 aromatic carbocycles. The SMILES string of the molecule is CCOc1ccc2oc(C(=O)N(CC(C)C)C(C)C)c(C)c2c1. The molecule has 0 fully saturated rings. The molecule has 0 aliphatic heterocycles. The Hall–Kier alpha value is -1.97. The van der Waals surface area contributed by atoms with Gasteiger partial charge in [-0.25, -0.2) is 0 Å². The van der Waals surface area contributed by atoms with Gasteiger partial charge in [0.15, 0.2) is 5.76 Å². The lowest BCUT2D eigenvalue weighted by atomic mass is 10.1. The highest BCUT2D eigenvalue weighted by Crippen LogP contribution is 2.30. The van der Waals surface area contributed by atoms with Gasteiger partial charge >= 0.3 is 0 Å². The monoisotopic (exact) mass is 317 g/mol. The van der Waals surface area contributed by atoms with E-state index in [1.807, 2.05) is 50.8 Å². The van der Waals surface area contributed by atoms with Gasteiger partial charge in [0, 0.05) is 23.5 Å². The van der Waals surface area contributed by atoms with Gasteiger partial charge < -0.3 is 14.1 Å². The number of furan rings is 1. The van der Waals surface area contributed by atoms with Crippen LogP contribution in [0.2, 0.25) is 0 Å². The van der Waals surface area contributed by atoms with Gasteiger partial charge in [-0.2, -0.15) is 0 Å². The molecule has 0 aliphatic rings. The number of hydrogen-bond acceptors (Lipinski definition) is 3. The second-order valence-corrected chi connectivity index (χ2v) is 6.59. The fourth-order valence-electron chi connectivity index (χ4n) is 2.71. The number of benzene rings is 1. The molecule has 0 atom stereocenters. The van der Waals surface area contributed by atoms with Crippen molar-refractivity contribution in [3.63, 3.8) is 0 Å². The smallest absolute Gasteiger partial charge is 0.290 e. The van der Waals surface area contributed by atoms with Crippen molar-refractivity contribution in [3.05, 3.63) is 29.5 Å². The van der Waals surface area contributed by atoms with Crippen molar-refractivity contribution in [2.75, 3.05) is 13.2 Å². The number of aryl methyl sites for hydroxylation is 1. The van der Waals surface area contributed by atoms with Crippen LogP contribution >= 0.6 is 0 Å². The first-order valence-electron chi connectivity index (χ1n) is 8.32. The van der Waals surface area contributed by atoms with Gasteiger partial charge in [-0.1, -0.05) is 13.8 Å². The van der Waals surface area contributed by atoms with E-state index in [9.17, 15) is 4.79 Å². The summed E-state index contributed by atoms with van der Waals surface area (Å²) in [5.41, 5.74) is 1.60. The molecule has 0 saturated carbocycles. The van der Waals surface area contributed by atoms with Crippen molar-refractivity contribution in [2.45, 2.75) is 47.6 Å². The normalized spacial score (nSPS) is 11.5. The summed E-state index contributed by atoms with van der Waals surface area (Å²) in [6, 6.07) is 5.82. The van der Waals surface area contributed by atoms with Crippen molar-refractivity contribution in [1.82, 2.24) is 4.90 Å². The second kappa shape index (κ2) is 7.07. The maximum atomic E-state index is 12.9. The predicted octanol–water partition coefficient (Wildman–Crippen LogP) is 4.65. The Morgan fingerprint density at radius 2 is 1.96 bits per heavy atom. The van der Waals surface area contributed by atoms with E-state index >= 15 is 0 Å². The standard InChI is InChI=1S/C19H27NO3/c1-7-22-15-8-9-17-16(10-15)14(6)18(23-17)19(21)20(13(4)5)11-12(2)3/h8-10,12-13H,7,11H2,1-6H3. The Morgan fingerprint density at radius 3 is 2.52 bits per heavy atom. The fraction of sp³-hybridized carbons (Fsp3) is 0.526. The van der Waals surface area contributed by atoms with Crippen molar-refractivity contribution in [2.24, 2.45) is 5.92 Å². The van der Waals surface area contributed by atoms with Gasteiger partial charge in [-0.05, 0) is 51.8 Å². The second-order valence-electron chi connectivity index (χ2n) is 6.59. The van der Waals surface area contributed by atoms with Crippen LogP contribution in [0.4, 0.5) is 0 Å². The van der Waals surface area contributed by atoms with Crippen LogP contribution < -0.4 is 4.74 Å². The molecule has 0 saturated heterocycles. The predicted molar refractivity (Wildman–Crippen MR) is 93.1 cm³/mol. The van der Waals surface area contributed by atoms with Crippen LogP contribution in [0.15, 0.2) is 22.6 Å². The summed E-state index contributed by atoms with van der Waals surface area (Å²) in [7, 11) is 0. The van der Waals surface area contributed by atoms with Gasteiger partial charge in [0.1, 0.15) is 11.3 Å². The minimum Gasteiger partial charge on any atom is -0.494 e. The molecule has 0 unspecified atom stereocenters. The number of carbonyl (C=O) groups is 1. The molecule has 2 aromatic rings. The number of rotatable bonds is 6. The van der Waals surface area contributed by atoms with Crippen molar-refractivity contribution in [3.8, 4) is 5.75 Å². The van der Waals surface area contributed by atoms with E-state index in [0.717, 1.165) is 28.8 Å². The summed E-state index contributed by atoms with van der Waals surface area (Å²) in [6.45, 7) is 13.5. The molecule has 1 heterocycles. The first-order chi connectivity index (χ1) is 10.8. The number of hydrogen-bond donors (Lipinski definition) is 0. The molecule has 0 N–H and O–H groups in total. The Labute approximate surface area is 138 Å². The fourth-order valence-corrected chi connectivity index (χ4v) is 2.71. The summed E-state index contributed by atoms with van der Waals surface area (Å²) in [5.74, 6) is 1.60. The van der Waals surface area contributed by atoms with E-state index in [4.69, 9.17) is 9.15 Å². The van der Waals surface area contributed by atoms with E-state index in [2.05, 4.69) is 13.8 Å². The van der Waals surface area contributed by atoms with Crippen molar-refractivity contribution in [1.29, 1.82) is 0 Å². The maximum absolute atomic E-state index is 12.9. The van der Waals surface area contributed by atoms with Gasteiger partial charge in [0.25, 0.3) is 5.91 Å². The Kier molecular flexibility index (Phi) is 5.34. The number of fused-ring (bicyclic) bond motifs is 1. The topological polar surface area (TPSA) is 42.7 Å². The van der Waals surface area contributed by atoms with E-state index in [0.29, 0.717) is 18.3 Å². The molecule has 1 amide bonds. The minimum atomic E-state index is -0.0413. The average molecular weight is 317 g/mol. The molecule has 0 aliphatic carbocycles. The summed E-state index contributed by atoms with van der Waals surface area (Å²) in [6.07, 6.45) is 0. The van der Waals surface area contributed by atoms with E-state index in [1.54, 1.807) is 0 Å². The van der Waals surface area contributed by atoms with E-state index in [1.165, 1.54) is 0 Å². The molecule has 2 rings (SSSR count). The Bertz CT molecular complexity index is 685. The summed E-state index contributed by atoms with van der Waals surface area (Å²) < 4.78 is 11.4. The molecule has 4 nitrogen and oxygen atoms in total. The lowest BCUT2D eigenvalue weighted by molar-refractivity contribution is 0.0650. The largest absolute Gasteiger partial charge is 0.494 e. The highest BCUT2D eigenvalue weighted by molar-refractivity contribution is 5.99. The first kappa shape index (κ1) is 17.4. The van der Waals surface area contributed by atoms with Gasteiger partial charge in [0.2, 0.25) is 0 Å². The van der Waals surface area contributed by atoms with Crippen LogP contribution in [0.25, 0.3) is 11.0 Å². The maximum Gasteiger partial charge on any atom is 0.290 e. The molecule has 4 heteroatoms. The van der Waals surface area contributed by atoms with Crippen LogP contribution in [-0.4, -0.2) is 30.0 Å². The van der Waals surface area contributed by atoms with Crippen LogP contribution in [0.1, 0.15) is 50.7 Å². The molecule has 0 spiro atoms. The molecule has 0 bridgehead atoms. The molecule has 1 aromatic heterocycles. The summed E-state index contributed by atoms with van der Waals surface area (Å²) in [4.78, 5) is 14.8. The van der Waals surface area contributed by atoms with Gasteiger partial charge in [-0.3, -0.25) is 4.79 Å². The minimum absolute atomic E-state index is 0.0413. The van der Waals surface area contributed by atoms with Crippen LogP contribution in [0.3, 0.4) is 0 Å². The van der Waals surface area contributed by atoms with E-state index in [-0.39, 0.29) is 11.9 Å². The Balaban J connectivity index is 2.41. The number of amides is 1. The molecular weight excluding hydrogens is 290 g/mol. The third-order valence-electron chi connectivity index (χ3n) is 3.86. The quantitative estimate of drug-likeness (QED) is 0.779. The number of nitrogens with zero attached hydrogens (tertiary/aromatic N) is 1. The molecule has 23 heavy (non-hydrogen) atoms. The van der Waals surface area contributed by atoms with Gasteiger partial charge in [0.05, 0.1) is 6.61 Å². The highest BCUT2D eigenvalue weighted by Gasteiger charge is 2.25. The lowest BCUT2D eigenvalue weighted by Gasteiger charge is -2.27. The zero-order valence-electron chi connectivity index (χ0n) is 15.0. The average Bonchev–Trinajstić information content (AvgIpc) is 2.81. The third-order valence-corrected chi connectivity index (χ3v) is 3.86. The molecule has 0 radical (unpaired) electrons. The van der Waals surface area contributed by atoms with Crippen LogP contribution in [-0.2, 0) is 0 Å². The summed E-state index contributed by atoms with van der Waals surface area (Å²) in [5, 5.41) is 0.938. The van der Waals surface area contributed by atoms with Crippen LogP contribution in [0, 0.1) is 12.8 Å². The van der Waals surface area contributed by atoms with Crippen molar-refractivity contribution >= 4 is 16.9 Å². The highest BCUT2D eigenvalue weighted by atomic mass is 16.5. The third kappa shape index (κ3) is 3.69. The zero-order chi connectivity index (χ0) is 17.1. The van der Waals surface area contributed by atoms with E-state index < -0.39 is 0 Å². The number of carbonyl (C=O) groups excluding carboxylic acids is 1. The van der Waals surface area contributed by atoms with Gasteiger partial charge in [-0.15, -0.1) is 0 Å². The summed E-state index contributed by atoms with van der Waals surface area (Å²) >= 11 is 0.